The van der Waals surface area contributed by atoms with E-state index in [9.17, 15) is 9.59 Å². The van der Waals surface area contributed by atoms with E-state index in [4.69, 9.17) is 0 Å². The number of amides is 2. The van der Waals surface area contributed by atoms with Gasteiger partial charge in [0.1, 0.15) is 5.01 Å². The maximum atomic E-state index is 11.8. The van der Waals surface area contributed by atoms with Crippen LogP contribution in [0.4, 0.5) is 11.4 Å². The van der Waals surface area contributed by atoms with Crippen LogP contribution >= 0.6 is 23.1 Å². The molecule has 0 radical (unpaired) electrons. The number of aryl methyl sites for hydroxylation is 1. The van der Waals surface area contributed by atoms with E-state index in [1.54, 1.807) is 24.3 Å². The third-order valence-electron chi connectivity index (χ3n) is 2.55. The van der Waals surface area contributed by atoms with Crippen LogP contribution in [0.1, 0.15) is 18.4 Å². The van der Waals surface area contributed by atoms with Crippen LogP contribution in [0, 0.1) is 6.92 Å². The summed E-state index contributed by atoms with van der Waals surface area (Å²) in [5, 5.41) is 14.3. The van der Waals surface area contributed by atoms with Crippen molar-refractivity contribution in [1.82, 2.24) is 10.2 Å². The van der Waals surface area contributed by atoms with Gasteiger partial charge in [0.25, 0.3) is 0 Å². The Balaban J connectivity index is 1.75. The molecular formula is C14H16N4O2S2. The lowest BCUT2D eigenvalue weighted by atomic mass is 10.2. The normalized spacial score (nSPS) is 10.3. The van der Waals surface area contributed by atoms with E-state index in [0.29, 0.717) is 23.5 Å². The minimum Gasteiger partial charge on any atom is -0.326 e. The van der Waals surface area contributed by atoms with Crippen molar-refractivity contribution in [3.8, 4) is 0 Å². The molecule has 2 N–H and O–H groups in total. The van der Waals surface area contributed by atoms with E-state index >= 15 is 0 Å². The highest BCUT2D eigenvalue weighted by molar-refractivity contribution is 8.01. The summed E-state index contributed by atoms with van der Waals surface area (Å²) in [6.07, 6.45) is 0.400. The number of anilines is 2. The monoisotopic (exact) mass is 336 g/mol. The number of nitrogens with one attached hydrogen (secondary N) is 2. The third-order valence-corrected chi connectivity index (χ3v) is 4.52. The lowest BCUT2D eigenvalue weighted by Gasteiger charge is -2.06. The molecule has 0 aliphatic carbocycles. The number of nitrogens with zero attached hydrogens (tertiary/aromatic N) is 2. The van der Waals surface area contributed by atoms with E-state index < -0.39 is 0 Å². The van der Waals surface area contributed by atoms with Gasteiger partial charge in [-0.05, 0) is 31.2 Å². The number of rotatable bonds is 6. The second-order valence-corrected chi connectivity index (χ2v) is 7.02. The molecule has 0 spiro atoms. The van der Waals surface area contributed by atoms with Crippen molar-refractivity contribution in [2.24, 2.45) is 0 Å². The number of aromatic nitrogens is 2. The Hall–Kier alpha value is -1.93. The highest BCUT2D eigenvalue weighted by atomic mass is 32.2. The molecule has 0 aliphatic rings. The summed E-state index contributed by atoms with van der Waals surface area (Å²) < 4.78 is 0.880. The molecule has 2 rings (SSSR count). The van der Waals surface area contributed by atoms with Gasteiger partial charge >= 0.3 is 0 Å². The van der Waals surface area contributed by atoms with E-state index in [-0.39, 0.29) is 11.8 Å². The molecule has 0 fully saturated rings. The zero-order valence-corrected chi connectivity index (χ0v) is 13.9. The average molecular weight is 336 g/mol. The van der Waals surface area contributed by atoms with Crippen molar-refractivity contribution in [2.75, 3.05) is 16.4 Å². The highest BCUT2D eigenvalue weighted by Crippen LogP contribution is 2.22. The summed E-state index contributed by atoms with van der Waals surface area (Å²) in [6, 6.07) is 7.00. The fraction of sp³-hybridized carbons (Fsp3) is 0.286. The molecule has 2 aromatic rings. The summed E-state index contributed by atoms with van der Waals surface area (Å²) in [7, 11) is 0. The smallest absolute Gasteiger partial charge is 0.225 e. The second-order valence-electron chi connectivity index (χ2n) is 4.49. The Morgan fingerprint density at radius 1 is 1.14 bits per heavy atom. The van der Waals surface area contributed by atoms with Crippen LogP contribution in [-0.2, 0) is 9.59 Å². The molecule has 0 saturated carbocycles. The minimum absolute atomic E-state index is 0.0546. The van der Waals surface area contributed by atoms with Crippen molar-refractivity contribution in [2.45, 2.75) is 24.6 Å². The fourth-order valence-electron chi connectivity index (χ4n) is 1.63. The largest absolute Gasteiger partial charge is 0.326 e. The molecule has 0 bridgehead atoms. The Morgan fingerprint density at radius 2 is 1.77 bits per heavy atom. The van der Waals surface area contributed by atoms with E-state index in [0.717, 1.165) is 9.35 Å². The Kier molecular flexibility index (Phi) is 5.91. The molecule has 0 aliphatic heterocycles. The van der Waals surface area contributed by atoms with Crippen LogP contribution in [0.25, 0.3) is 0 Å². The highest BCUT2D eigenvalue weighted by Gasteiger charge is 2.06. The molecule has 1 aromatic heterocycles. The van der Waals surface area contributed by atoms with Crippen molar-refractivity contribution in [3.63, 3.8) is 0 Å². The predicted molar refractivity (Wildman–Crippen MR) is 89.4 cm³/mol. The Bertz CT molecular complexity index is 655. The SMILES string of the molecule is CC(=O)Nc1ccc(NC(=O)CCSc2nnc(C)s2)cc1. The predicted octanol–water partition coefficient (Wildman–Crippen LogP) is 2.93. The van der Waals surface area contributed by atoms with Gasteiger partial charge in [-0.15, -0.1) is 10.2 Å². The maximum absolute atomic E-state index is 11.8. The lowest BCUT2D eigenvalue weighted by Crippen LogP contribution is -2.12. The standard InChI is InChI=1S/C14H16N4O2S2/c1-9(19)15-11-3-5-12(6-4-11)16-13(20)7-8-21-14-18-17-10(2)22-14/h3-6H,7-8H2,1-2H3,(H,15,19)(H,16,20). The second kappa shape index (κ2) is 7.90. The number of hydrogen-bond donors (Lipinski definition) is 2. The molecule has 0 unspecified atom stereocenters. The topological polar surface area (TPSA) is 84.0 Å². The van der Waals surface area contributed by atoms with Crippen LogP contribution in [0.15, 0.2) is 28.6 Å². The first-order chi connectivity index (χ1) is 10.5. The Labute approximate surface area is 136 Å². The van der Waals surface area contributed by atoms with Crippen molar-refractivity contribution in [1.29, 1.82) is 0 Å². The van der Waals surface area contributed by atoms with E-state index in [2.05, 4.69) is 20.8 Å². The van der Waals surface area contributed by atoms with Crippen LogP contribution in [-0.4, -0.2) is 27.8 Å². The number of carbonyl (C=O) groups excluding carboxylic acids is 2. The molecule has 0 saturated heterocycles. The number of thioether (sulfide) groups is 1. The average Bonchev–Trinajstić information content (AvgIpc) is 2.86. The summed E-state index contributed by atoms with van der Waals surface area (Å²) in [6.45, 7) is 3.35. The zero-order valence-electron chi connectivity index (χ0n) is 12.3. The first-order valence-corrected chi connectivity index (χ1v) is 8.43. The first-order valence-electron chi connectivity index (χ1n) is 6.63. The van der Waals surface area contributed by atoms with Gasteiger partial charge in [0.05, 0.1) is 0 Å². The third kappa shape index (κ3) is 5.45. The molecule has 0 atom stereocenters. The van der Waals surface area contributed by atoms with Gasteiger partial charge in [-0.3, -0.25) is 9.59 Å². The van der Waals surface area contributed by atoms with Crippen molar-refractivity contribution in [3.05, 3.63) is 29.3 Å². The molecule has 6 nitrogen and oxygen atoms in total. The summed E-state index contributed by atoms with van der Waals surface area (Å²) >= 11 is 3.05. The van der Waals surface area contributed by atoms with Gasteiger partial charge in [0, 0.05) is 30.5 Å². The number of carbonyl (C=O) groups is 2. The maximum Gasteiger partial charge on any atom is 0.225 e. The number of hydrogen-bond acceptors (Lipinski definition) is 6. The molecule has 1 heterocycles. The number of benzene rings is 1. The van der Waals surface area contributed by atoms with Crippen LogP contribution in [0.5, 0.6) is 0 Å². The van der Waals surface area contributed by atoms with Crippen molar-refractivity contribution < 1.29 is 9.59 Å². The van der Waals surface area contributed by atoms with Gasteiger partial charge < -0.3 is 10.6 Å². The molecule has 1 aromatic carbocycles. The summed E-state index contributed by atoms with van der Waals surface area (Å²) in [5.41, 5.74) is 1.41. The van der Waals surface area contributed by atoms with Gasteiger partial charge in [0.15, 0.2) is 4.34 Å². The lowest BCUT2D eigenvalue weighted by molar-refractivity contribution is -0.116. The van der Waals surface area contributed by atoms with Gasteiger partial charge in [0.2, 0.25) is 11.8 Å². The van der Waals surface area contributed by atoms with Crippen LogP contribution in [0.2, 0.25) is 0 Å². The molecule has 2 amide bonds. The van der Waals surface area contributed by atoms with E-state index in [1.807, 2.05) is 6.92 Å². The summed E-state index contributed by atoms with van der Waals surface area (Å²) in [4.78, 5) is 22.8. The van der Waals surface area contributed by atoms with Crippen LogP contribution in [0.3, 0.4) is 0 Å². The van der Waals surface area contributed by atoms with Gasteiger partial charge in [-0.1, -0.05) is 23.1 Å². The molecule has 22 heavy (non-hydrogen) atoms. The zero-order chi connectivity index (χ0) is 15.9. The molecule has 8 heteroatoms. The first kappa shape index (κ1) is 16.4. The van der Waals surface area contributed by atoms with Gasteiger partial charge in [-0.2, -0.15) is 0 Å². The molecule has 116 valence electrons. The molecular weight excluding hydrogens is 320 g/mol. The Morgan fingerprint density at radius 3 is 2.32 bits per heavy atom. The van der Waals surface area contributed by atoms with Crippen LogP contribution < -0.4 is 10.6 Å². The fourth-order valence-corrected chi connectivity index (χ4v) is 3.46. The van der Waals surface area contributed by atoms with Crippen molar-refractivity contribution >= 4 is 46.3 Å². The summed E-state index contributed by atoms with van der Waals surface area (Å²) in [5.74, 6) is 0.478. The quantitative estimate of drug-likeness (QED) is 0.792. The van der Waals surface area contributed by atoms with E-state index in [1.165, 1.54) is 30.0 Å². The van der Waals surface area contributed by atoms with Gasteiger partial charge in [-0.25, -0.2) is 0 Å². The minimum atomic E-state index is -0.124.